The van der Waals surface area contributed by atoms with Crippen molar-refractivity contribution in [2.24, 2.45) is 0 Å². The second-order valence-electron chi connectivity index (χ2n) is 8.29. The van der Waals surface area contributed by atoms with E-state index in [1.807, 2.05) is 48.5 Å². The molecule has 4 rings (SSSR count). The van der Waals surface area contributed by atoms with Crippen molar-refractivity contribution in [3.05, 3.63) is 59.7 Å². The number of carboxylic acid groups (broad SMARTS) is 1. The van der Waals surface area contributed by atoms with Gasteiger partial charge in [0.15, 0.2) is 0 Å². The number of carbonyl (C=O) groups excluding carboxylic acids is 2. The van der Waals surface area contributed by atoms with Gasteiger partial charge in [0.1, 0.15) is 18.2 Å². The average Bonchev–Trinajstić information content (AvgIpc) is 3.39. The maximum absolute atomic E-state index is 12.8. The minimum atomic E-state index is -1.43. The van der Waals surface area contributed by atoms with E-state index >= 15 is 0 Å². The minimum absolute atomic E-state index is 0.104. The summed E-state index contributed by atoms with van der Waals surface area (Å²) in [5, 5.41) is 23.3. The molecule has 0 aromatic heterocycles. The summed E-state index contributed by atoms with van der Waals surface area (Å²) in [6.07, 6.45) is 1.46. The van der Waals surface area contributed by atoms with Gasteiger partial charge in [0.05, 0.1) is 6.61 Å². The zero-order chi connectivity index (χ0) is 22.7. The number of carbonyl (C=O) groups is 3. The number of benzene rings is 2. The van der Waals surface area contributed by atoms with Crippen LogP contribution in [-0.4, -0.2) is 53.0 Å². The van der Waals surface area contributed by atoms with Crippen molar-refractivity contribution in [1.29, 1.82) is 0 Å². The molecular formula is C24H26N2O6. The van der Waals surface area contributed by atoms with Gasteiger partial charge in [0.2, 0.25) is 5.91 Å². The van der Waals surface area contributed by atoms with Gasteiger partial charge in [-0.3, -0.25) is 4.79 Å². The van der Waals surface area contributed by atoms with E-state index in [1.165, 1.54) is 0 Å². The SMILES string of the molecule is O=C(NC1(C(=O)N[C@@H](CO)C(=O)O)CCCC1)OCC1c2ccccc2-c2ccccc21. The van der Waals surface area contributed by atoms with E-state index in [0.717, 1.165) is 22.3 Å². The number of hydrogen-bond acceptors (Lipinski definition) is 5. The van der Waals surface area contributed by atoms with Gasteiger partial charge in [0, 0.05) is 5.92 Å². The monoisotopic (exact) mass is 438 g/mol. The Balaban J connectivity index is 1.45. The van der Waals surface area contributed by atoms with Crippen LogP contribution in [0.2, 0.25) is 0 Å². The lowest BCUT2D eigenvalue weighted by atomic mass is 9.96. The lowest BCUT2D eigenvalue weighted by molar-refractivity contribution is -0.144. The summed E-state index contributed by atoms with van der Waals surface area (Å²) in [6, 6.07) is 14.6. The minimum Gasteiger partial charge on any atom is -0.480 e. The average molecular weight is 438 g/mol. The molecule has 0 spiro atoms. The van der Waals surface area contributed by atoms with Crippen LogP contribution in [-0.2, 0) is 14.3 Å². The molecule has 32 heavy (non-hydrogen) atoms. The maximum Gasteiger partial charge on any atom is 0.408 e. The number of hydrogen-bond donors (Lipinski definition) is 4. The Kier molecular flexibility index (Phi) is 6.14. The number of aliphatic carboxylic acids is 1. The van der Waals surface area contributed by atoms with E-state index in [0.29, 0.717) is 25.7 Å². The fourth-order valence-corrected chi connectivity index (χ4v) is 4.70. The third-order valence-electron chi connectivity index (χ3n) is 6.36. The van der Waals surface area contributed by atoms with E-state index in [4.69, 9.17) is 9.84 Å². The van der Waals surface area contributed by atoms with E-state index in [9.17, 15) is 19.5 Å². The number of aliphatic hydroxyl groups excluding tert-OH is 1. The summed E-state index contributed by atoms with van der Waals surface area (Å²) < 4.78 is 5.56. The Morgan fingerprint density at radius 1 is 1.00 bits per heavy atom. The first kappa shape index (κ1) is 21.8. The smallest absolute Gasteiger partial charge is 0.408 e. The number of aliphatic hydroxyl groups is 1. The zero-order valence-electron chi connectivity index (χ0n) is 17.5. The van der Waals surface area contributed by atoms with Crippen LogP contribution >= 0.6 is 0 Å². The zero-order valence-corrected chi connectivity index (χ0v) is 17.5. The van der Waals surface area contributed by atoms with Crippen LogP contribution in [0, 0.1) is 0 Å². The molecule has 1 fully saturated rings. The molecule has 2 aromatic rings. The topological polar surface area (TPSA) is 125 Å². The summed E-state index contributed by atoms with van der Waals surface area (Å²) in [4.78, 5) is 36.7. The quantitative estimate of drug-likeness (QED) is 0.526. The second kappa shape index (κ2) is 9.00. The molecule has 1 atom stereocenters. The van der Waals surface area contributed by atoms with Crippen molar-refractivity contribution < 1.29 is 29.3 Å². The molecule has 0 radical (unpaired) electrons. The fraction of sp³-hybridized carbons (Fsp3) is 0.375. The molecule has 0 heterocycles. The summed E-state index contributed by atoms with van der Waals surface area (Å²) >= 11 is 0. The summed E-state index contributed by atoms with van der Waals surface area (Å²) in [7, 11) is 0. The lowest BCUT2D eigenvalue weighted by Gasteiger charge is -2.30. The Labute approximate surface area is 185 Å². The van der Waals surface area contributed by atoms with Gasteiger partial charge >= 0.3 is 12.1 Å². The Morgan fingerprint density at radius 3 is 2.09 bits per heavy atom. The van der Waals surface area contributed by atoms with Crippen LogP contribution in [0.3, 0.4) is 0 Å². The van der Waals surface area contributed by atoms with E-state index in [2.05, 4.69) is 10.6 Å². The number of rotatable bonds is 7. The summed E-state index contributed by atoms with van der Waals surface area (Å²) in [5.74, 6) is -2.06. The van der Waals surface area contributed by atoms with Gasteiger partial charge in [-0.1, -0.05) is 61.4 Å². The lowest BCUT2D eigenvalue weighted by Crippen LogP contribution is -2.60. The number of alkyl carbamates (subject to hydrolysis) is 1. The number of nitrogens with one attached hydrogen (secondary N) is 2. The van der Waals surface area contributed by atoms with Gasteiger partial charge in [0.25, 0.3) is 0 Å². The molecule has 0 unspecified atom stereocenters. The molecule has 0 bridgehead atoms. The van der Waals surface area contributed by atoms with Crippen LogP contribution in [0.15, 0.2) is 48.5 Å². The molecule has 168 valence electrons. The molecule has 8 nitrogen and oxygen atoms in total. The van der Waals surface area contributed by atoms with Crippen LogP contribution in [0.25, 0.3) is 11.1 Å². The fourth-order valence-electron chi connectivity index (χ4n) is 4.70. The molecule has 0 aliphatic heterocycles. The molecule has 8 heteroatoms. The van der Waals surface area contributed by atoms with Crippen molar-refractivity contribution >= 4 is 18.0 Å². The first-order valence-corrected chi connectivity index (χ1v) is 10.7. The van der Waals surface area contributed by atoms with Crippen LogP contribution in [0.5, 0.6) is 0 Å². The van der Waals surface area contributed by atoms with Crippen LogP contribution < -0.4 is 10.6 Å². The van der Waals surface area contributed by atoms with Crippen molar-refractivity contribution in [2.75, 3.05) is 13.2 Å². The van der Waals surface area contributed by atoms with Crippen LogP contribution in [0.4, 0.5) is 4.79 Å². The van der Waals surface area contributed by atoms with Gasteiger partial charge in [-0.25, -0.2) is 9.59 Å². The maximum atomic E-state index is 12.8. The van der Waals surface area contributed by atoms with E-state index in [-0.39, 0.29) is 12.5 Å². The third-order valence-corrected chi connectivity index (χ3v) is 6.36. The Bertz CT molecular complexity index is 985. The standard InChI is InChI=1S/C24H26N2O6/c27-13-20(21(28)29)25-22(30)24(11-5-6-12-24)26-23(31)32-14-19-17-9-3-1-7-15(17)16-8-2-4-10-18(16)19/h1-4,7-10,19-20,27H,5-6,11-14H2,(H,25,30)(H,26,31)(H,28,29)/t20-/m0/s1. The van der Waals surface area contributed by atoms with Crippen molar-refractivity contribution in [2.45, 2.75) is 43.2 Å². The predicted octanol–water partition coefficient (Wildman–Crippen LogP) is 2.40. The summed E-state index contributed by atoms with van der Waals surface area (Å²) in [6.45, 7) is -0.617. The van der Waals surface area contributed by atoms with Crippen molar-refractivity contribution in [3.63, 3.8) is 0 Å². The number of amides is 2. The highest BCUT2D eigenvalue weighted by molar-refractivity contribution is 5.93. The molecule has 2 aliphatic rings. The second-order valence-corrected chi connectivity index (χ2v) is 8.29. The number of ether oxygens (including phenoxy) is 1. The van der Waals surface area contributed by atoms with Gasteiger partial charge in [-0.15, -0.1) is 0 Å². The number of fused-ring (bicyclic) bond motifs is 3. The predicted molar refractivity (Wildman–Crippen MR) is 116 cm³/mol. The van der Waals surface area contributed by atoms with E-state index in [1.54, 1.807) is 0 Å². The molecule has 2 amide bonds. The molecule has 2 aliphatic carbocycles. The highest BCUT2D eigenvalue weighted by Crippen LogP contribution is 2.44. The summed E-state index contributed by atoms with van der Waals surface area (Å²) in [5.41, 5.74) is 3.16. The Hall–Kier alpha value is -3.39. The molecule has 4 N–H and O–H groups in total. The Morgan fingerprint density at radius 2 is 1.56 bits per heavy atom. The highest BCUT2D eigenvalue weighted by Gasteiger charge is 2.44. The number of carboxylic acids is 1. The largest absolute Gasteiger partial charge is 0.480 e. The first-order valence-electron chi connectivity index (χ1n) is 10.7. The molecule has 1 saturated carbocycles. The van der Waals surface area contributed by atoms with Crippen molar-refractivity contribution in [1.82, 2.24) is 10.6 Å². The molecular weight excluding hydrogens is 412 g/mol. The molecule has 2 aromatic carbocycles. The van der Waals surface area contributed by atoms with Crippen molar-refractivity contribution in [3.8, 4) is 11.1 Å². The molecule has 0 saturated heterocycles. The van der Waals surface area contributed by atoms with Gasteiger partial charge < -0.3 is 25.6 Å². The third kappa shape index (κ3) is 4.05. The van der Waals surface area contributed by atoms with Crippen LogP contribution in [0.1, 0.15) is 42.7 Å². The normalized spacial score (nSPS) is 17.2. The van der Waals surface area contributed by atoms with Gasteiger partial charge in [-0.05, 0) is 35.1 Å². The highest BCUT2D eigenvalue weighted by atomic mass is 16.5. The first-order chi connectivity index (χ1) is 15.4. The van der Waals surface area contributed by atoms with E-state index < -0.39 is 36.2 Å². The van der Waals surface area contributed by atoms with Gasteiger partial charge in [-0.2, -0.15) is 0 Å².